The molecule has 2 aliphatic rings. The van der Waals surface area contributed by atoms with Crippen LogP contribution in [0.2, 0.25) is 0 Å². The minimum atomic E-state index is -1.21. The van der Waals surface area contributed by atoms with Crippen LogP contribution in [-0.4, -0.2) is 36.0 Å². The fourth-order valence-electron chi connectivity index (χ4n) is 2.47. The molecular formula is C14H14N2O5. The second-order valence-electron chi connectivity index (χ2n) is 5.22. The Balaban J connectivity index is 1.96. The molecule has 2 aliphatic heterocycles. The average Bonchev–Trinajstić information content (AvgIpc) is 2.97. The topological polar surface area (TPSA) is 84.9 Å². The molecule has 1 saturated heterocycles. The van der Waals surface area contributed by atoms with Crippen molar-refractivity contribution in [3.8, 4) is 11.5 Å². The molecule has 3 rings (SSSR count). The highest BCUT2D eigenvalue weighted by Crippen LogP contribution is 2.37. The summed E-state index contributed by atoms with van der Waals surface area (Å²) in [6.07, 6.45) is 0. The van der Waals surface area contributed by atoms with E-state index in [0.29, 0.717) is 17.1 Å². The first-order chi connectivity index (χ1) is 9.91. The zero-order chi connectivity index (χ0) is 15.2. The van der Waals surface area contributed by atoms with Crippen LogP contribution in [0.5, 0.6) is 11.5 Å². The maximum absolute atomic E-state index is 12.5. The van der Waals surface area contributed by atoms with E-state index < -0.39 is 17.5 Å². The molecule has 1 unspecified atom stereocenters. The lowest BCUT2D eigenvalue weighted by atomic mass is 9.91. The van der Waals surface area contributed by atoms with Crippen molar-refractivity contribution in [2.75, 3.05) is 13.3 Å². The molecule has 0 bridgehead atoms. The number of amides is 3. The van der Waals surface area contributed by atoms with Crippen molar-refractivity contribution in [2.24, 2.45) is 0 Å². The summed E-state index contributed by atoms with van der Waals surface area (Å²) in [6, 6.07) is 4.48. The van der Waals surface area contributed by atoms with Crippen LogP contribution in [0.1, 0.15) is 19.4 Å². The van der Waals surface area contributed by atoms with Gasteiger partial charge in [-0.25, -0.2) is 4.79 Å². The van der Waals surface area contributed by atoms with Crippen molar-refractivity contribution in [3.63, 3.8) is 0 Å². The number of hydrogen-bond acceptors (Lipinski definition) is 5. The molecule has 2 heterocycles. The van der Waals surface area contributed by atoms with Gasteiger partial charge in [0.1, 0.15) is 11.3 Å². The first-order valence-electron chi connectivity index (χ1n) is 6.45. The summed E-state index contributed by atoms with van der Waals surface area (Å²) < 4.78 is 10.5. The van der Waals surface area contributed by atoms with Crippen LogP contribution in [-0.2, 0) is 15.1 Å². The Bertz CT molecular complexity index is 657. The summed E-state index contributed by atoms with van der Waals surface area (Å²) in [5.41, 5.74) is -0.635. The normalized spacial score (nSPS) is 23.4. The van der Waals surface area contributed by atoms with Gasteiger partial charge >= 0.3 is 6.03 Å². The van der Waals surface area contributed by atoms with Gasteiger partial charge in [-0.2, -0.15) is 0 Å². The fourth-order valence-corrected chi connectivity index (χ4v) is 2.47. The van der Waals surface area contributed by atoms with Gasteiger partial charge in [0, 0.05) is 0 Å². The molecule has 1 fully saturated rings. The second kappa shape index (κ2) is 4.47. The number of nitrogens with one attached hydrogen (secondary N) is 1. The minimum Gasteiger partial charge on any atom is -0.454 e. The summed E-state index contributed by atoms with van der Waals surface area (Å²) in [5.74, 6) is 0.413. The standard InChI is InChI=1S/C14H14N2O5/c1-8(17)6-16-12(18)14(2,15-13(16)19)9-3-4-10-11(5-9)21-7-20-10/h3-5H,6-7H2,1-2H3,(H,15,19). The van der Waals surface area contributed by atoms with E-state index in [2.05, 4.69) is 5.32 Å². The molecule has 1 aromatic carbocycles. The van der Waals surface area contributed by atoms with E-state index in [1.807, 2.05) is 0 Å². The predicted molar refractivity (Wildman–Crippen MR) is 70.8 cm³/mol. The molecule has 0 radical (unpaired) electrons. The van der Waals surface area contributed by atoms with Crippen molar-refractivity contribution in [3.05, 3.63) is 23.8 Å². The largest absolute Gasteiger partial charge is 0.454 e. The molecule has 7 nitrogen and oxygen atoms in total. The summed E-state index contributed by atoms with van der Waals surface area (Å²) in [7, 11) is 0. The zero-order valence-electron chi connectivity index (χ0n) is 11.6. The van der Waals surface area contributed by atoms with Gasteiger partial charge in [-0.1, -0.05) is 6.07 Å². The van der Waals surface area contributed by atoms with Crippen molar-refractivity contribution in [1.82, 2.24) is 10.2 Å². The quantitative estimate of drug-likeness (QED) is 0.831. The van der Waals surface area contributed by atoms with E-state index in [-0.39, 0.29) is 19.1 Å². The van der Waals surface area contributed by atoms with E-state index in [4.69, 9.17) is 9.47 Å². The molecule has 1 N–H and O–H groups in total. The summed E-state index contributed by atoms with van der Waals surface area (Å²) in [6.45, 7) is 2.83. The molecular weight excluding hydrogens is 276 g/mol. The van der Waals surface area contributed by atoms with Gasteiger partial charge in [-0.15, -0.1) is 0 Å². The third kappa shape index (κ3) is 2.01. The Morgan fingerprint density at radius 2 is 2.05 bits per heavy atom. The molecule has 3 amide bonds. The van der Waals surface area contributed by atoms with Gasteiger partial charge in [0.15, 0.2) is 11.5 Å². The maximum Gasteiger partial charge on any atom is 0.325 e. The van der Waals surface area contributed by atoms with Crippen molar-refractivity contribution < 1.29 is 23.9 Å². The Morgan fingerprint density at radius 1 is 1.33 bits per heavy atom. The van der Waals surface area contributed by atoms with Crippen molar-refractivity contribution >= 4 is 17.7 Å². The molecule has 0 spiro atoms. The number of fused-ring (bicyclic) bond motifs is 1. The van der Waals surface area contributed by atoms with Crippen LogP contribution in [0.15, 0.2) is 18.2 Å². The van der Waals surface area contributed by atoms with Crippen LogP contribution in [0, 0.1) is 0 Å². The fraction of sp³-hybridized carbons (Fsp3) is 0.357. The monoisotopic (exact) mass is 290 g/mol. The second-order valence-corrected chi connectivity index (χ2v) is 5.22. The molecule has 0 aromatic heterocycles. The molecule has 0 saturated carbocycles. The van der Waals surface area contributed by atoms with Crippen LogP contribution in [0.3, 0.4) is 0 Å². The van der Waals surface area contributed by atoms with Crippen LogP contribution in [0.4, 0.5) is 4.79 Å². The third-order valence-electron chi connectivity index (χ3n) is 3.61. The van der Waals surface area contributed by atoms with Gasteiger partial charge in [-0.3, -0.25) is 14.5 Å². The van der Waals surface area contributed by atoms with E-state index >= 15 is 0 Å². The summed E-state index contributed by atoms with van der Waals surface area (Å²) in [5, 5.41) is 2.63. The Kier molecular flexibility index (Phi) is 2.86. The number of imide groups is 1. The molecule has 0 aliphatic carbocycles. The highest BCUT2D eigenvalue weighted by atomic mass is 16.7. The van der Waals surface area contributed by atoms with E-state index in [1.54, 1.807) is 25.1 Å². The summed E-state index contributed by atoms with van der Waals surface area (Å²) >= 11 is 0. The van der Waals surface area contributed by atoms with Crippen LogP contribution < -0.4 is 14.8 Å². The third-order valence-corrected chi connectivity index (χ3v) is 3.61. The first kappa shape index (κ1) is 13.4. The van der Waals surface area contributed by atoms with Gasteiger partial charge in [-0.05, 0) is 31.5 Å². The van der Waals surface area contributed by atoms with Crippen LogP contribution in [0.25, 0.3) is 0 Å². The Labute approximate surface area is 120 Å². The number of carbonyl (C=O) groups is 3. The Morgan fingerprint density at radius 3 is 2.76 bits per heavy atom. The molecule has 21 heavy (non-hydrogen) atoms. The smallest absolute Gasteiger partial charge is 0.325 e. The first-order valence-corrected chi connectivity index (χ1v) is 6.45. The number of benzene rings is 1. The number of ketones is 1. The highest BCUT2D eigenvalue weighted by Gasteiger charge is 2.49. The molecule has 1 atom stereocenters. The average molecular weight is 290 g/mol. The van der Waals surface area contributed by atoms with Gasteiger partial charge in [0.25, 0.3) is 5.91 Å². The van der Waals surface area contributed by atoms with E-state index in [0.717, 1.165) is 4.90 Å². The van der Waals surface area contributed by atoms with Gasteiger partial charge in [0.05, 0.1) is 6.54 Å². The molecule has 1 aromatic rings. The number of urea groups is 1. The van der Waals surface area contributed by atoms with Crippen LogP contribution >= 0.6 is 0 Å². The predicted octanol–water partition coefficient (Wildman–Crippen LogP) is 0.771. The zero-order valence-corrected chi connectivity index (χ0v) is 11.6. The highest BCUT2D eigenvalue weighted by molar-refractivity contribution is 6.09. The van der Waals surface area contributed by atoms with Gasteiger partial charge in [0.2, 0.25) is 6.79 Å². The SMILES string of the molecule is CC(=O)CN1C(=O)NC(C)(c2ccc3c(c2)OCO3)C1=O. The lowest BCUT2D eigenvalue weighted by molar-refractivity contribution is -0.133. The number of Topliss-reactive ketones (excluding diaryl/α,β-unsaturated/α-hetero) is 1. The number of hydrogen-bond donors (Lipinski definition) is 1. The number of ether oxygens (including phenoxy) is 2. The maximum atomic E-state index is 12.5. The number of nitrogens with zero attached hydrogens (tertiary/aromatic N) is 1. The summed E-state index contributed by atoms with van der Waals surface area (Å²) in [4.78, 5) is 36.5. The van der Waals surface area contributed by atoms with Crippen molar-refractivity contribution in [2.45, 2.75) is 19.4 Å². The number of carbonyl (C=O) groups excluding carboxylic acids is 3. The van der Waals surface area contributed by atoms with E-state index in [1.165, 1.54) is 6.92 Å². The lowest BCUT2D eigenvalue weighted by Crippen LogP contribution is -2.41. The van der Waals surface area contributed by atoms with E-state index in [9.17, 15) is 14.4 Å². The molecule has 110 valence electrons. The molecule has 7 heteroatoms. The van der Waals surface area contributed by atoms with Gasteiger partial charge < -0.3 is 14.8 Å². The number of rotatable bonds is 3. The Hall–Kier alpha value is -2.57. The van der Waals surface area contributed by atoms with Crippen molar-refractivity contribution in [1.29, 1.82) is 0 Å². The lowest BCUT2D eigenvalue weighted by Gasteiger charge is -2.22. The minimum absolute atomic E-state index is 0.131.